The smallest absolute Gasteiger partial charge is 0.104 e. The van der Waals surface area contributed by atoms with Gasteiger partial charge in [0.15, 0.2) is 0 Å². The SMILES string of the molecule is CC(C)N(Cc1cccs1)Cc1cc(C#CCO)cs1. The quantitative estimate of drug-likeness (QED) is 0.854. The van der Waals surface area contributed by atoms with Crippen molar-refractivity contribution in [3.05, 3.63) is 44.3 Å². The van der Waals surface area contributed by atoms with Gasteiger partial charge in [-0.1, -0.05) is 17.9 Å². The zero-order chi connectivity index (χ0) is 14.4. The van der Waals surface area contributed by atoms with Gasteiger partial charge >= 0.3 is 0 Å². The van der Waals surface area contributed by atoms with Gasteiger partial charge in [0.25, 0.3) is 0 Å². The van der Waals surface area contributed by atoms with Gasteiger partial charge in [0.1, 0.15) is 6.61 Å². The normalized spacial score (nSPS) is 10.8. The summed E-state index contributed by atoms with van der Waals surface area (Å²) < 4.78 is 0. The van der Waals surface area contributed by atoms with Gasteiger partial charge in [-0.15, -0.1) is 22.7 Å². The number of aliphatic hydroxyl groups is 1. The standard InChI is InChI=1S/C16H19NOS2/c1-13(2)17(10-15-6-4-8-19-15)11-16-9-14(12-20-16)5-3-7-18/h4,6,8-9,12-13,18H,7,10-11H2,1-2H3. The molecular formula is C16H19NOS2. The fourth-order valence-corrected chi connectivity index (χ4v) is 3.46. The summed E-state index contributed by atoms with van der Waals surface area (Å²) in [6, 6.07) is 6.92. The number of aliphatic hydroxyl groups excluding tert-OH is 1. The van der Waals surface area contributed by atoms with Crippen molar-refractivity contribution in [1.82, 2.24) is 4.90 Å². The molecule has 0 aliphatic carbocycles. The minimum Gasteiger partial charge on any atom is -0.384 e. The largest absolute Gasteiger partial charge is 0.384 e. The monoisotopic (exact) mass is 305 g/mol. The highest BCUT2D eigenvalue weighted by atomic mass is 32.1. The third-order valence-electron chi connectivity index (χ3n) is 2.99. The van der Waals surface area contributed by atoms with Crippen LogP contribution in [0.15, 0.2) is 29.0 Å². The van der Waals surface area contributed by atoms with E-state index in [0.717, 1.165) is 18.7 Å². The maximum Gasteiger partial charge on any atom is 0.104 e. The predicted octanol–water partition coefficient (Wildman–Crippen LogP) is 3.56. The molecule has 0 saturated carbocycles. The first kappa shape index (κ1) is 15.3. The summed E-state index contributed by atoms with van der Waals surface area (Å²) in [5, 5.41) is 12.9. The average Bonchev–Trinajstić information content (AvgIpc) is 3.07. The molecule has 0 spiro atoms. The summed E-state index contributed by atoms with van der Waals surface area (Å²) in [6.07, 6.45) is 0. The van der Waals surface area contributed by atoms with Crippen LogP contribution in [-0.2, 0) is 13.1 Å². The van der Waals surface area contributed by atoms with E-state index < -0.39 is 0 Å². The van der Waals surface area contributed by atoms with Crippen molar-refractivity contribution in [2.45, 2.75) is 33.0 Å². The van der Waals surface area contributed by atoms with Crippen LogP contribution in [0.1, 0.15) is 29.2 Å². The van der Waals surface area contributed by atoms with Crippen molar-refractivity contribution in [2.75, 3.05) is 6.61 Å². The van der Waals surface area contributed by atoms with Gasteiger partial charge < -0.3 is 5.11 Å². The van der Waals surface area contributed by atoms with E-state index in [4.69, 9.17) is 5.11 Å². The van der Waals surface area contributed by atoms with Crippen LogP contribution in [0.5, 0.6) is 0 Å². The van der Waals surface area contributed by atoms with Crippen molar-refractivity contribution in [3.8, 4) is 11.8 Å². The van der Waals surface area contributed by atoms with E-state index in [1.165, 1.54) is 9.75 Å². The number of rotatable bonds is 5. The van der Waals surface area contributed by atoms with Gasteiger partial charge in [-0.25, -0.2) is 0 Å². The van der Waals surface area contributed by atoms with Crippen LogP contribution in [0.3, 0.4) is 0 Å². The Labute approximate surface area is 128 Å². The Hall–Kier alpha value is -1.12. The number of hydrogen-bond acceptors (Lipinski definition) is 4. The molecule has 0 aliphatic heterocycles. The molecule has 0 fully saturated rings. The summed E-state index contributed by atoms with van der Waals surface area (Å²) in [7, 11) is 0. The molecule has 2 aromatic rings. The Kier molecular flexibility index (Phi) is 5.81. The minimum atomic E-state index is -0.0817. The van der Waals surface area contributed by atoms with E-state index in [0.29, 0.717) is 6.04 Å². The summed E-state index contributed by atoms with van der Waals surface area (Å²) in [6.45, 7) is 6.31. The first-order chi connectivity index (χ1) is 9.69. The summed E-state index contributed by atoms with van der Waals surface area (Å²) in [5.41, 5.74) is 0.999. The van der Waals surface area contributed by atoms with Crippen LogP contribution in [-0.4, -0.2) is 22.7 Å². The molecule has 1 N–H and O–H groups in total. The average molecular weight is 305 g/mol. The molecule has 0 saturated heterocycles. The molecule has 20 heavy (non-hydrogen) atoms. The fraction of sp³-hybridized carbons (Fsp3) is 0.375. The Bertz CT molecular complexity index is 575. The van der Waals surface area contributed by atoms with Crippen LogP contribution < -0.4 is 0 Å². The molecular weight excluding hydrogens is 286 g/mol. The Morgan fingerprint density at radius 1 is 1.25 bits per heavy atom. The Morgan fingerprint density at radius 3 is 2.70 bits per heavy atom. The first-order valence-corrected chi connectivity index (χ1v) is 8.38. The molecule has 0 aliphatic rings. The highest BCUT2D eigenvalue weighted by molar-refractivity contribution is 7.10. The highest BCUT2D eigenvalue weighted by Crippen LogP contribution is 2.20. The summed E-state index contributed by atoms with van der Waals surface area (Å²) in [4.78, 5) is 5.18. The summed E-state index contributed by atoms with van der Waals surface area (Å²) >= 11 is 3.54. The minimum absolute atomic E-state index is 0.0817. The van der Waals surface area contributed by atoms with Crippen LogP contribution in [0.4, 0.5) is 0 Å². The van der Waals surface area contributed by atoms with Gasteiger partial charge in [-0.05, 0) is 31.4 Å². The van der Waals surface area contributed by atoms with Crippen LogP contribution >= 0.6 is 22.7 Å². The zero-order valence-corrected chi connectivity index (χ0v) is 13.4. The van der Waals surface area contributed by atoms with E-state index in [-0.39, 0.29) is 6.61 Å². The van der Waals surface area contributed by atoms with Crippen LogP contribution in [0, 0.1) is 11.8 Å². The second-order valence-electron chi connectivity index (χ2n) is 4.84. The van der Waals surface area contributed by atoms with Crippen molar-refractivity contribution in [2.24, 2.45) is 0 Å². The molecule has 2 aromatic heterocycles. The molecule has 0 amide bonds. The topological polar surface area (TPSA) is 23.5 Å². The molecule has 2 heterocycles. The molecule has 106 valence electrons. The molecule has 2 rings (SSSR count). The number of thiophene rings is 2. The second kappa shape index (κ2) is 7.61. The van der Waals surface area contributed by atoms with Crippen molar-refractivity contribution < 1.29 is 5.11 Å². The molecule has 4 heteroatoms. The van der Waals surface area contributed by atoms with E-state index >= 15 is 0 Å². The predicted molar refractivity (Wildman–Crippen MR) is 87.0 cm³/mol. The second-order valence-corrected chi connectivity index (χ2v) is 6.87. The Morgan fingerprint density at radius 2 is 2.05 bits per heavy atom. The number of hydrogen-bond donors (Lipinski definition) is 1. The zero-order valence-electron chi connectivity index (χ0n) is 11.8. The van der Waals surface area contributed by atoms with Crippen molar-refractivity contribution in [3.63, 3.8) is 0 Å². The van der Waals surface area contributed by atoms with E-state index in [2.05, 4.69) is 59.5 Å². The molecule has 0 aromatic carbocycles. The van der Waals surface area contributed by atoms with E-state index in [1.807, 2.05) is 11.3 Å². The fourth-order valence-electron chi connectivity index (χ4n) is 1.89. The van der Waals surface area contributed by atoms with Crippen molar-refractivity contribution in [1.29, 1.82) is 0 Å². The first-order valence-electron chi connectivity index (χ1n) is 6.62. The van der Waals surface area contributed by atoms with Crippen molar-refractivity contribution >= 4 is 22.7 Å². The molecule has 0 bridgehead atoms. The molecule has 0 atom stereocenters. The lowest BCUT2D eigenvalue weighted by Crippen LogP contribution is -2.29. The molecule has 2 nitrogen and oxygen atoms in total. The third-order valence-corrected chi connectivity index (χ3v) is 4.78. The summed E-state index contributed by atoms with van der Waals surface area (Å²) in [5.74, 6) is 5.65. The molecule has 0 unspecified atom stereocenters. The van der Waals surface area contributed by atoms with Crippen LogP contribution in [0.2, 0.25) is 0 Å². The van der Waals surface area contributed by atoms with Gasteiger partial charge in [0.05, 0.1) is 0 Å². The maximum atomic E-state index is 8.72. The number of nitrogens with zero attached hydrogens (tertiary/aromatic N) is 1. The molecule has 0 radical (unpaired) electrons. The Balaban J connectivity index is 2.02. The third kappa shape index (κ3) is 4.46. The van der Waals surface area contributed by atoms with E-state index in [1.54, 1.807) is 11.3 Å². The van der Waals surface area contributed by atoms with Gasteiger partial charge in [-0.2, -0.15) is 0 Å². The maximum absolute atomic E-state index is 8.72. The van der Waals surface area contributed by atoms with Crippen LogP contribution in [0.25, 0.3) is 0 Å². The lowest BCUT2D eigenvalue weighted by atomic mass is 10.2. The lowest BCUT2D eigenvalue weighted by molar-refractivity contribution is 0.207. The van der Waals surface area contributed by atoms with Gasteiger partial charge in [0.2, 0.25) is 0 Å². The van der Waals surface area contributed by atoms with Gasteiger partial charge in [-0.3, -0.25) is 4.90 Å². The highest BCUT2D eigenvalue weighted by Gasteiger charge is 2.12. The van der Waals surface area contributed by atoms with Gasteiger partial charge in [0, 0.05) is 39.8 Å². The van der Waals surface area contributed by atoms with E-state index in [9.17, 15) is 0 Å². The lowest BCUT2D eigenvalue weighted by Gasteiger charge is -2.25.